The molecule has 0 saturated carbocycles. The first-order valence-corrected chi connectivity index (χ1v) is 7.78. The van der Waals surface area contributed by atoms with E-state index >= 15 is 0 Å². The Morgan fingerprint density at radius 2 is 2.17 bits per heavy atom. The highest BCUT2D eigenvalue weighted by atomic mass is 32.2. The van der Waals surface area contributed by atoms with E-state index in [1.165, 1.54) is 24.3 Å². The molecule has 1 saturated heterocycles. The lowest BCUT2D eigenvalue weighted by molar-refractivity contribution is -0.139. The Morgan fingerprint density at radius 1 is 1.39 bits per heavy atom. The summed E-state index contributed by atoms with van der Waals surface area (Å²) in [5, 5.41) is 9.26. The molecule has 18 heavy (non-hydrogen) atoms. The van der Waals surface area contributed by atoms with Crippen molar-refractivity contribution in [3.63, 3.8) is 0 Å². The van der Waals surface area contributed by atoms with Crippen LogP contribution in [-0.2, 0) is 11.3 Å². The van der Waals surface area contributed by atoms with Crippen molar-refractivity contribution in [2.75, 3.05) is 11.5 Å². The van der Waals surface area contributed by atoms with Crippen LogP contribution in [0.5, 0.6) is 0 Å². The number of imidazole rings is 1. The van der Waals surface area contributed by atoms with Crippen molar-refractivity contribution in [2.24, 2.45) is 0 Å². The van der Waals surface area contributed by atoms with Gasteiger partial charge >= 0.3 is 5.97 Å². The van der Waals surface area contributed by atoms with Gasteiger partial charge in [-0.2, -0.15) is 11.8 Å². The third kappa shape index (κ3) is 2.05. The molecule has 0 spiro atoms. The summed E-state index contributed by atoms with van der Waals surface area (Å²) in [6, 6.07) is 0. The largest absolute Gasteiger partial charge is 0.481 e. The highest BCUT2D eigenvalue weighted by Gasteiger charge is 2.31. The number of thioether (sulfide) groups is 1. The maximum absolute atomic E-state index is 11.3. The molecule has 4 nitrogen and oxygen atoms in total. The first kappa shape index (κ1) is 12.1. The van der Waals surface area contributed by atoms with Crippen molar-refractivity contribution < 1.29 is 9.90 Å². The molecule has 2 aliphatic heterocycles. The predicted octanol–water partition coefficient (Wildman–Crippen LogP) is 2.46. The van der Waals surface area contributed by atoms with Gasteiger partial charge in [0, 0.05) is 18.7 Å². The Hall–Kier alpha value is -0.970. The van der Waals surface area contributed by atoms with Gasteiger partial charge in [0.2, 0.25) is 0 Å². The lowest BCUT2D eigenvalue weighted by atomic mass is 9.95. The zero-order chi connectivity index (χ0) is 12.5. The molecule has 0 radical (unpaired) electrons. The van der Waals surface area contributed by atoms with Crippen LogP contribution in [0.4, 0.5) is 0 Å². The van der Waals surface area contributed by atoms with Crippen LogP contribution in [-0.4, -0.2) is 32.1 Å². The van der Waals surface area contributed by atoms with Crippen LogP contribution in [0, 0.1) is 0 Å². The van der Waals surface area contributed by atoms with E-state index in [0.717, 1.165) is 30.9 Å². The quantitative estimate of drug-likeness (QED) is 0.893. The molecule has 1 aromatic rings. The van der Waals surface area contributed by atoms with Crippen LogP contribution < -0.4 is 0 Å². The molecule has 0 aromatic carbocycles. The molecule has 1 fully saturated rings. The van der Waals surface area contributed by atoms with E-state index in [9.17, 15) is 9.90 Å². The van der Waals surface area contributed by atoms with Crippen molar-refractivity contribution in [3.8, 4) is 0 Å². The third-order valence-electron chi connectivity index (χ3n) is 4.03. The molecule has 0 aliphatic carbocycles. The van der Waals surface area contributed by atoms with Crippen molar-refractivity contribution in [2.45, 2.75) is 44.1 Å². The summed E-state index contributed by atoms with van der Waals surface area (Å²) >= 11 is 2.01. The highest BCUT2D eigenvalue weighted by molar-refractivity contribution is 7.99. The number of aliphatic carboxylic acids is 1. The maximum Gasteiger partial charge on any atom is 0.312 e. The summed E-state index contributed by atoms with van der Waals surface area (Å²) in [7, 11) is 0. The van der Waals surface area contributed by atoms with Crippen LogP contribution in [0.15, 0.2) is 6.20 Å². The summed E-state index contributed by atoms with van der Waals surface area (Å²) in [6.07, 6.45) is 5.86. The topological polar surface area (TPSA) is 55.1 Å². The van der Waals surface area contributed by atoms with E-state index in [2.05, 4.69) is 9.55 Å². The van der Waals surface area contributed by atoms with Gasteiger partial charge in [0.05, 0.1) is 11.6 Å². The molecule has 98 valence electrons. The Kier molecular flexibility index (Phi) is 3.33. The Bertz CT molecular complexity index is 452. The second-order valence-corrected chi connectivity index (χ2v) is 6.34. The van der Waals surface area contributed by atoms with Crippen molar-refractivity contribution >= 4 is 17.7 Å². The number of hydrogen-bond acceptors (Lipinski definition) is 3. The molecule has 1 unspecified atom stereocenters. The average molecular weight is 266 g/mol. The fourth-order valence-electron chi connectivity index (χ4n) is 3.06. The van der Waals surface area contributed by atoms with Gasteiger partial charge in [-0.3, -0.25) is 4.79 Å². The molecule has 0 amide bonds. The van der Waals surface area contributed by atoms with Gasteiger partial charge in [-0.25, -0.2) is 4.98 Å². The number of rotatable bonds is 2. The first-order valence-electron chi connectivity index (χ1n) is 6.63. The fourth-order valence-corrected chi connectivity index (χ4v) is 4.17. The monoisotopic (exact) mass is 266 g/mol. The molecule has 1 atom stereocenters. The third-order valence-corrected chi connectivity index (χ3v) is 5.08. The summed E-state index contributed by atoms with van der Waals surface area (Å²) in [6.45, 7) is 0.943. The summed E-state index contributed by atoms with van der Waals surface area (Å²) in [5.41, 5.74) is 0.918. The van der Waals surface area contributed by atoms with Crippen LogP contribution in [0.1, 0.15) is 49.0 Å². The van der Waals surface area contributed by atoms with E-state index in [1.54, 1.807) is 6.20 Å². The molecule has 3 rings (SSSR count). The number of aromatic nitrogens is 2. The van der Waals surface area contributed by atoms with Gasteiger partial charge in [-0.05, 0) is 37.2 Å². The average Bonchev–Trinajstić information content (AvgIpc) is 2.83. The number of carbonyl (C=O) groups is 1. The molecule has 0 bridgehead atoms. The van der Waals surface area contributed by atoms with Crippen LogP contribution in [0.2, 0.25) is 0 Å². The second kappa shape index (κ2) is 4.96. The predicted molar refractivity (Wildman–Crippen MR) is 71.1 cm³/mol. The van der Waals surface area contributed by atoms with E-state index < -0.39 is 5.97 Å². The summed E-state index contributed by atoms with van der Waals surface area (Å²) in [5.74, 6) is 3.02. The minimum Gasteiger partial charge on any atom is -0.481 e. The Morgan fingerprint density at radius 3 is 2.89 bits per heavy atom. The number of nitrogens with zero attached hydrogens (tertiary/aromatic N) is 2. The zero-order valence-corrected chi connectivity index (χ0v) is 11.2. The molecule has 5 heteroatoms. The molecule has 1 N–H and O–H groups in total. The van der Waals surface area contributed by atoms with Crippen LogP contribution in [0.25, 0.3) is 0 Å². The SMILES string of the molecule is O=C(O)C1CCCn2c1cnc2C1CCSCC1. The summed E-state index contributed by atoms with van der Waals surface area (Å²) in [4.78, 5) is 15.8. The lowest BCUT2D eigenvalue weighted by Gasteiger charge is -2.26. The van der Waals surface area contributed by atoms with Gasteiger partial charge in [-0.15, -0.1) is 0 Å². The van der Waals surface area contributed by atoms with E-state index in [1.807, 2.05) is 11.8 Å². The van der Waals surface area contributed by atoms with Gasteiger partial charge in [0.25, 0.3) is 0 Å². The van der Waals surface area contributed by atoms with Crippen molar-refractivity contribution in [1.82, 2.24) is 9.55 Å². The van der Waals surface area contributed by atoms with E-state index in [0.29, 0.717) is 5.92 Å². The highest BCUT2D eigenvalue weighted by Crippen LogP contribution is 2.35. The van der Waals surface area contributed by atoms with E-state index in [4.69, 9.17) is 0 Å². The smallest absolute Gasteiger partial charge is 0.312 e. The van der Waals surface area contributed by atoms with Crippen LogP contribution in [0.3, 0.4) is 0 Å². The summed E-state index contributed by atoms with van der Waals surface area (Å²) < 4.78 is 2.18. The van der Waals surface area contributed by atoms with Crippen LogP contribution >= 0.6 is 11.8 Å². The van der Waals surface area contributed by atoms with Gasteiger partial charge in [0.1, 0.15) is 5.82 Å². The second-order valence-electron chi connectivity index (χ2n) is 5.11. The first-order chi connectivity index (χ1) is 8.77. The Balaban J connectivity index is 1.91. The normalized spacial score (nSPS) is 24.8. The standard InChI is InChI=1S/C13H18N2O2S/c16-13(17)10-2-1-5-15-11(10)8-14-12(15)9-3-6-18-7-4-9/h8-10H,1-7H2,(H,16,17). The molecular weight excluding hydrogens is 248 g/mol. The Labute approximate surface area is 111 Å². The maximum atomic E-state index is 11.3. The lowest BCUT2D eigenvalue weighted by Crippen LogP contribution is -2.24. The van der Waals surface area contributed by atoms with Gasteiger partial charge in [-0.1, -0.05) is 0 Å². The molecule has 1 aromatic heterocycles. The van der Waals surface area contributed by atoms with E-state index in [-0.39, 0.29) is 5.92 Å². The fraction of sp³-hybridized carbons (Fsp3) is 0.692. The molecular formula is C13H18N2O2S. The molecule has 2 aliphatic rings. The number of carboxylic acids is 1. The number of fused-ring (bicyclic) bond motifs is 1. The van der Waals surface area contributed by atoms with Crippen molar-refractivity contribution in [3.05, 3.63) is 17.7 Å². The number of carboxylic acid groups (broad SMARTS) is 1. The minimum absolute atomic E-state index is 0.349. The number of hydrogen-bond donors (Lipinski definition) is 1. The molecule has 3 heterocycles. The van der Waals surface area contributed by atoms with Gasteiger partial charge in [0.15, 0.2) is 0 Å². The van der Waals surface area contributed by atoms with Crippen molar-refractivity contribution in [1.29, 1.82) is 0 Å². The zero-order valence-electron chi connectivity index (χ0n) is 10.3. The minimum atomic E-state index is -0.707. The van der Waals surface area contributed by atoms with Gasteiger partial charge < -0.3 is 9.67 Å².